The number of hydrogen-bond donors (Lipinski definition) is 1. The maximum atomic E-state index is 4.22. The van der Waals surface area contributed by atoms with Crippen LogP contribution in [0.2, 0.25) is 0 Å². The van der Waals surface area contributed by atoms with Gasteiger partial charge in [0.1, 0.15) is 0 Å². The lowest BCUT2D eigenvalue weighted by molar-refractivity contribution is 1.01. The van der Waals surface area contributed by atoms with Gasteiger partial charge < -0.3 is 13.7 Å². The molecule has 0 atom stereocenters. The van der Waals surface area contributed by atoms with Gasteiger partial charge in [-0.1, -0.05) is 124 Å². The first-order valence-electron chi connectivity index (χ1n) is 19.6. The van der Waals surface area contributed by atoms with Gasteiger partial charge in [-0.15, -0.1) is 0 Å². The average Bonchev–Trinajstić information content (AvgIpc) is 3.82. The van der Waals surface area contributed by atoms with E-state index in [0.717, 1.165) is 39.6 Å². The molecular formula is C50H67N3S. The van der Waals surface area contributed by atoms with Crippen LogP contribution in [0.3, 0.4) is 0 Å². The van der Waals surface area contributed by atoms with E-state index < -0.39 is 0 Å². The van der Waals surface area contributed by atoms with E-state index >= 15 is 0 Å². The number of aromatic nitrogens is 3. The van der Waals surface area contributed by atoms with Crippen LogP contribution >= 0.6 is 12.6 Å². The molecule has 288 valence electrons. The molecular weight excluding hydrogens is 675 g/mol. The van der Waals surface area contributed by atoms with Gasteiger partial charge in [0.25, 0.3) is 0 Å². The van der Waals surface area contributed by atoms with Crippen LogP contribution in [0.25, 0.3) is 80.5 Å². The highest BCUT2D eigenvalue weighted by Gasteiger charge is 2.20. The summed E-state index contributed by atoms with van der Waals surface area (Å²) >= 11 is 3.53. The van der Waals surface area contributed by atoms with Gasteiger partial charge in [-0.05, 0) is 100 Å². The molecule has 0 saturated heterocycles. The standard InChI is InChI=1S/C41H39N3.4C2H6.CH4S/c1-9-15-30-31(16-10-2)37(13-5)43(36(30)12-4)28-19-22-39-34(25-28)35-26-29(20-23-40(35)42(39)8)44-38(14-6)32(17-11-3)33-21-18-27(7)24-41(33)44;5*1-2/h9-26H,4-6H2,1-3,7-8H3;4*1-2H3;2H,1H3/b15-9-,16-10-,17-11-;;;;;. The summed E-state index contributed by atoms with van der Waals surface area (Å²) in [5, 5.41) is 3.62. The number of aryl methyl sites for hydroxylation is 2. The molecule has 0 aliphatic heterocycles. The molecule has 0 saturated carbocycles. The Labute approximate surface area is 333 Å². The maximum Gasteiger partial charge on any atom is 0.0543 e. The Morgan fingerprint density at radius 1 is 0.481 bits per heavy atom. The van der Waals surface area contributed by atoms with Crippen LogP contribution in [0.1, 0.15) is 115 Å². The van der Waals surface area contributed by atoms with Crippen molar-refractivity contribution in [1.82, 2.24) is 13.7 Å². The Morgan fingerprint density at radius 3 is 1.28 bits per heavy atom. The van der Waals surface area contributed by atoms with Crippen LogP contribution in [0.5, 0.6) is 0 Å². The van der Waals surface area contributed by atoms with Crippen LogP contribution in [0, 0.1) is 6.92 Å². The second-order valence-electron chi connectivity index (χ2n) is 11.2. The molecule has 0 bridgehead atoms. The quantitative estimate of drug-likeness (QED) is 0.149. The largest absolute Gasteiger partial charge is 0.344 e. The first kappa shape index (κ1) is 47.1. The Balaban J connectivity index is 0.00000135. The van der Waals surface area contributed by atoms with Crippen molar-refractivity contribution in [3.05, 3.63) is 132 Å². The van der Waals surface area contributed by atoms with Crippen LogP contribution < -0.4 is 0 Å². The monoisotopic (exact) mass is 742 g/mol. The number of rotatable bonds is 8. The van der Waals surface area contributed by atoms with Gasteiger partial charge >= 0.3 is 0 Å². The molecule has 3 nitrogen and oxygen atoms in total. The Hall–Kier alpha value is -4.93. The fourth-order valence-corrected chi connectivity index (χ4v) is 6.75. The van der Waals surface area contributed by atoms with Gasteiger partial charge in [-0.25, -0.2) is 0 Å². The molecule has 0 aliphatic carbocycles. The molecule has 0 amide bonds. The summed E-state index contributed by atoms with van der Waals surface area (Å²) in [6.45, 7) is 36.9. The van der Waals surface area contributed by atoms with Gasteiger partial charge in [-0.3, -0.25) is 0 Å². The summed E-state index contributed by atoms with van der Waals surface area (Å²) in [5.41, 5.74) is 13.6. The molecule has 3 heterocycles. The third-order valence-electron chi connectivity index (χ3n) is 8.59. The lowest BCUT2D eigenvalue weighted by Gasteiger charge is -2.12. The van der Waals surface area contributed by atoms with Gasteiger partial charge in [0.2, 0.25) is 0 Å². The number of hydrogen-bond acceptors (Lipinski definition) is 1. The third kappa shape index (κ3) is 9.05. The minimum absolute atomic E-state index is 1.05. The second-order valence-corrected chi connectivity index (χ2v) is 11.2. The predicted octanol–water partition coefficient (Wildman–Crippen LogP) is 16.1. The van der Waals surface area contributed by atoms with Crippen LogP contribution in [-0.2, 0) is 7.05 Å². The first-order chi connectivity index (χ1) is 26.4. The summed E-state index contributed by atoms with van der Waals surface area (Å²) < 4.78 is 6.90. The number of nitrogens with zero attached hydrogens (tertiary/aromatic N) is 3. The van der Waals surface area contributed by atoms with E-state index in [2.05, 4.69) is 158 Å². The van der Waals surface area contributed by atoms with Gasteiger partial charge in [0.05, 0.1) is 22.6 Å². The first-order valence-corrected chi connectivity index (χ1v) is 20.5. The van der Waals surface area contributed by atoms with Gasteiger partial charge in [-0.2, -0.15) is 12.6 Å². The number of fused-ring (bicyclic) bond motifs is 4. The Morgan fingerprint density at radius 2 is 0.870 bits per heavy atom. The molecule has 0 fully saturated rings. The van der Waals surface area contributed by atoms with Gasteiger partial charge in [0, 0.05) is 62.3 Å². The second kappa shape index (κ2) is 23.7. The molecule has 0 aliphatic rings. The van der Waals surface area contributed by atoms with Crippen molar-refractivity contribution in [2.75, 3.05) is 6.26 Å². The zero-order chi connectivity index (χ0) is 41.1. The minimum atomic E-state index is 1.05. The van der Waals surface area contributed by atoms with Gasteiger partial charge in [0.15, 0.2) is 0 Å². The summed E-state index contributed by atoms with van der Waals surface area (Å²) in [7, 11) is 2.14. The predicted molar refractivity (Wildman–Crippen MR) is 256 cm³/mol. The van der Waals surface area contributed by atoms with E-state index in [0.29, 0.717) is 0 Å². The summed E-state index contributed by atoms with van der Waals surface area (Å²) in [6.07, 6.45) is 20.3. The van der Waals surface area contributed by atoms with Crippen LogP contribution in [-0.4, -0.2) is 20.0 Å². The van der Waals surface area contributed by atoms with Crippen molar-refractivity contribution in [3.63, 3.8) is 0 Å². The summed E-state index contributed by atoms with van der Waals surface area (Å²) in [4.78, 5) is 0. The molecule has 3 aromatic carbocycles. The molecule has 0 spiro atoms. The third-order valence-corrected chi connectivity index (χ3v) is 8.59. The zero-order valence-corrected chi connectivity index (χ0v) is 36.7. The number of benzene rings is 3. The van der Waals surface area contributed by atoms with E-state index in [1.165, 1.54) is 43.8 Å². The molecule has 6 aromatic rings. The average molecular weight is 742 g/mol. The lowest BCUT2D eigenvalue weighted by Crippen LogP contribution is -1.99. The fourth-order valence-electron chi connectivity index (χ4n) is 6.75. The molecule has 54 heavy (non-hydrogen) atoms. The zero-order valence-electron chi connectivity index (χ0n) is 35.8. The highest BCUT2D eigenvalue weighted by molar-refractivity contribution is 7.79. The van der Waals surface area contributed by atoms with Crippen molar-refractivity contribution in [1.29, 1.82) is 0 Å². The number of thiol groups is 1. The lowest BCUT2D eigenvalue weighted by atomic mass is 10.1. The molecule has 0 radical (unpaired) electrons. The minimum Gasteiger partial charge on any atom is -0.344 e. The highest BCUT2D eigenvalue weighted by atomic mass is 32.1. The topological polar surface area (TPSA) is 14.8 Å². The van der Waals surface area contributed by atoms with E-state index in [-0.39, 0.29) is 0 Å². The molecule has 3 aromatic heterocycles. The van der Waals surface area contributed by atoms with Crippen molar-refractivity contribution >= 4 is 81.8 Å². The van der Waals surface area contributed by atoms with E-state index in [1.54, 1.807) is 6.26 Å². The Bertz CT molecular complexity index is 2180. The smallest absolute Gasteiger partial charge is 0.0543 e. The van der Waals surface area contributed by atoms with E-state index in [4.69, 9.17) is 0 Å². The maximum absolute atomic E-state index is 4.22. The molecule has 6 rings (SSSR count). The van der Waals surface area contributed by atoms with Crippen molar-refractivity contribution < 1.29 is 0 Å². The summed E-state index contributed by atoms with van der Waals surface area (Å²) in [5.74, 6) is 0. The Kier molecular flexibility index (Phi) is 20.6. The SMILES string of the molecule is C=Cc1c(/C=C\C)c(/C=C\C)c(C=C)n1-c1ccc2c(c1)c1cc(-n3c(C=C)c(/C=C\C)c4ccc(C)cc43)ccc1n2C.CC.CC.CC.CC.CS. The normalized spacial score (nSPS) is 10.5. The summed E-state index contributed by atoms with van der Waals surface area (Å²) in [6, 6.07) is 20.2. The molecule has 0 unspecified atom stereocenters. The van der Waals surface area contributed by atoms with Crippen LogP contribution in [0.4, 0.5) is 0 Å². The molecule has 0 N–H and O–H groups in total. The van der Waals surface area contributed by atoms with Crippen molar-refractivity contribution in [3.8, 4) is 11.4 Å². The highest BCUT2D eigenvalue weighted by Crippen LogP contribution is 2.38. The van der Waals surface area contributed by atoms with Crippen molar-refractivity contribution in [2.24, 2.45) is 7.05 Å². The number of allylic oxidation sites excluding steroid dienone is 3. The van der Waals surface area contributed by atoms with Crippen LogP contribution in [0.15, 0.2) is 92.6 Å². The molecule has 4 heteroatoms. The van der Waals surface area contributed by atoms with E-state index in [1.807, 2.05) is 87.5 Å². The fraction of sp³-hybridized carbons (Fsp3) is 0.280. The van der Waals surface area contributed by atoms with E-state index in [9.17, 15) is 0 Å². The van der Waals surface area contributed by atoms with Crippen molar-refractivity contribution in [2.45, 2.75) is 83.1 Å².